The third-order valence-electron chi connectivity index (χ3n) is 3.36. The first kappa shape index (κ1) is 12.3. The zero-order chi connectivity index (χ0) is 12.5. The molecule has 0 radical (unpaired) electrons. The summed E-state index contributed by atoms with van der Waals surface area (Å²) in [5.41, 5.74) is 5.21. The Bertz CT molecular complexity index is 499. The molecule has 17 heavy (non-hydrogen) atoms. The predicted octanol–water partition coefficient (Wildman–Crippen LogP) is 4.53. The molecule has 0 spiro atoms. The van der Waals surface area contributed by atoms with Gasteiger partial charge in [0.15, 0.2) is 0 Å². The zero-order valence-corrected chi connectivity index (χ0v) is 11.9. The summed E-state index contributed by atoms with van der Waals surface area (Å²) in [6, 6.07) is 8.68. The highest BCUT2D eigenvalue weighted by atomic mass is 31.0. The highest BCUT2D eigenvalue weighted by Crippen LogP contribution is 2.32. The fourth-order valence-electron chi connectivity index (χ4n) is 1.78. The summed E-state index contributed by atoms with van der Waals surface area (Å²) in [7, 11) is 2.91. The van der Waals surface area contributed by atoms with Gasteiger partial charge in [0.1, 0.15) is 0 Å². The number of hydrogen-bond acceptors (Lipinski definition) is 0. The van der Waals surface area contributed by atoms with Crippen LogP contribution in [0.15, 0.2) is 54.1 Å². The lowest BCUT2D eigenvalue weighted by Gasteiger charge is -2.19. The Hall–Kier alpha value is -1.13. The molecule has 0 aliphatic heterocycles. The number of benzene rings is 1. The van der Waals surface area contributed by atoms with E-state index in [1.807, 2.05) is 0 Å². The van der Waals surface area contributed by atoms with Gasteiger partial charge >= 0.3 is 0 Å². The van der Waals surface area contributed by atoms with Crippen molar-refractivity contribution in [3.8, 4) is 0 Å². The van der Waals surface area contributed by atoms with Gasteiger partial charge in [-0.25, -0.2) is 0 Å². The van der Waals surface area contributed by atoms with Gasteiger partial charge in [-0.05, 0) is 31.9 Å². The van der Waals surface area contributed by atoms with E-state index in [2.05, 4.69) is 78.6 Å². The van der Waals surface area contributed by atoms with Gasteiger partial charge in [-0.3, -0.25) is 0 Å². The first-order valence-electron chi connectivity index (χ1n) is 5.93. The Labute approximate surface area is 106 Å². The van der Waals surface area contributed by atoms with Crippen molar-refractivity contribution in [2.45, 2.75) is 25.9 Å². The molecular formula is C16H19P. The molecule has 0 heterocycles. The summed E-state index contributed by atoms with van der Waals surface area (Å²) >= 11 is 0. The van der Waals surface area contributed by atoms with Crippen LogP contribution >= 0.6 is 9.24 Å². The van der Waals surface area contributed by atoms with Gasteiger partial charge in [0.25, 0.3) is 0 Å². The largest absolute Gasteiger partial charge is 0.123 e. The van der Waals surface area contributed by atoms with Gasteiger partial charge in [-0.1, -0.05) is 59.7 Å². The van der Waals surface area contributed by atoms with Crippen LogP contribution < -0.4 is 0 Å². The molecule has 1 heteroatoms. The molecule has 0 N–H and O–H groups in total. The Balaban J connectivity index is 2.39. The van der Waals surface area contributed by atoms with Crippen molar-refractivity contribution in [3.63, 3.8) is 0 Å². The molecule has 88 valence electrons. The second kappa shape index (κ2) is 4.63. The lowest BCUT2D eigenvalue weighted by molar-refractivity contribution is 0.929. The minimum atomic E-state index is 0.0724. The number of hydrogen-bond donors (Lipinski definition) is 0. The molecule has 1 aliphatic carbocycles. The summed E-state index contributed by atoms with van der Waals surface area (Å²) in [5, 5.41) is 0.0724. The molecule has 2 unspecified atom stereocenters. The SMILES string of the molecule is CC1=CC=C(c2ccc(C)cc2)C=CC1(C)P. The van der Waals surface area contributed by atoms with E-state index in [1.54, 1.807) is 0 Å². The van der Waals surface area contributed by atoms with Gasteiger partial charge in [-0.2, -0.15) is 0 Å². The molecule has 0 amide bonds. The van der Waals surface area contributed by atoms with Crippen LogP contribution in [-0.2, 0) is 0 Å². The Morgan fingerprint density at radius 1 is 1.00 bits per heavy atom. The van der Waals surface area contributed by atoms with Crippen LogP contribution in [0.2, 0.25) is 0 Å². The fraction of sp³-hybridized carbons (Fsp3) is 0.250. The molecule has 1 aliphatic rings. The fourth-order valence-corrected chi connectivity index (χ4v) is 1.98. The minimum Gasteiger partial charge on any atom is -0.123 e. The minimum absolute atomic E-state index is 0.0724. The normalized spacial score (nSPS) is 24.0. The average Bonchev–Trinajstić information content (AvgIpc) is 2.42. The van der Waals surface area contributed by atoms with Gasteiger partial charge in [0, 0.05) is 5.16 Å². The predicted molar refractivity (Wildman–Crippen MR) is 80.2 cm³/mol. The molecule has 1 aromatic rings. The van der Waals surface area contributed by atoms with E-state index in [-0.39, 0.29) is 5.16 Å². The molecule has 0 fully saturated rings. The standard InChI is InChI=1S/C16H19P/c1-12-4-7-14(8-5-12)15-9-6-13(2)16(3,17)11-10-15/h4-11H,17H2,1-3H3. The zero-order valence-electron chi connectivity index (χ0n) is 10.7. The van der Waals surface area contributed by atoms with E-state index >= 15 is 0 Å². The molecular weight excluding hydrogens is 223 g/mol. The molecule has 0 nitrogen and oxygen atoms in total. The molecule has 0 saturated heterocycles. The van der Waals surface area contributed by atoms with E-state index in [1.165, 1.54) is 22.3 Å². The van der Waals surface area contributed by atoms with Crippen LogP contribution in [0.1, 0.15) is 25.0 Å². The highest BCUT2D eigenvalue weighted by molar-refractivity contribution is 7.19. The number of allylic oxidation sites excluding steroid dienone is 6. The maximum Gasteiger partial charge on any atom is 0.0209 e. The number of rotatable bonds is 1. The van der Waals surface area contributed by atoms with E-state index in [0.717, 1.165) is 0 Å². The molecule has 1 aromatic carbocycles. The summed E-state index contributed by atoms with van der Waals surface area (Å²) < 4.78 is 0. The summed E-state index contributed by atoms with van der Waals surface area (Å²) in [6.45, 7) is 6.50. The van der Waals surface area contributed by atoms with Crippen LogP contribution in [0, 0.1) is 6.92 Å². The van der Waals surface area contributed by atoms with Crippen molar-refractivity contribution in [1.29, 1.82) is 0 Å². The van der Waals surface area contributed by atoms with Crippen molar-refractivity contribution in [2.24, 2.45) is 0 Å². The van der Waals surface area contributed by atoms with Gasteiger partial charge < -0.3 is 0 Å². The summed E-state index contributed by atoms with van der Waals surface area (Å²) in [5.74, 6) is 0. The molecule has 0 bridgehead atoms. The van der Waals surface area contributed by atoms with Crippen molar-refractivity contribution in [3.05, 3.63) is 65.3 Å². The lowest BCUT2D eigenvalue weighted by Crippen LogP contribution is -2.12. The average molecular weight is 242 g/mol. The summed E-state index contributed by atoms with van der Waals surface area (Å²) in [6.07, 6.45) is 8.88. The topological polar surface area (TPSA) is 0 Å². The third kappa shape index (κ3) is 2.76. The summed E-state index contributed by atoms with van der Waals surface area (Å²) in [4.78, 5) is 0. The van der Waals surface area contributed by atoms with E-state index in [4.69, 9.17) is 0 Å². The van der Waals surface area contributed by atoms with Crippen LogP contribution in [0.25, 0.3) is 5.57 Å². The van der Waals surface area contributed by atoms with Crippen molar-refractivity contribution >= 4 is 14.8 Å². The molecule has 2 atom stereocenters. The first-order valence-corrected chi connectivity index (χ1v) is 6.51. The van der Waals surface area contributed by atoms with Crippen LogP contribution in [0.4, 0.5) is 0 Å². The lowest BCUT2D eigenvalue weighted by atomic mass is 10.0. The van der Waals surface area contributed by atoms with Gasteiger partial charge in [0.05, 0.1) is 0 Å². The Morgan fingerprint density at radius 2 is 1.65 bits per heavy atom. The second-order valence-corrected chi connectivity index (χ2v) is 6.15. The molecule has 0 aromatic heterocycles. The van der Waals surface area contributed by atoms with Crippen molar-refractivity contribution < 1.29 is 0 Å². The second-order valence-electron chi connectivity index (χ2n) is 4.95. The molecule has 0 saturated carbocycles. The Morgan fingerprint density at radius 3 is 2.29 bits per heavy atom. The van der Waals surface area contributed by atoms with E-state index < -0.39 is 0 Å². The van der Waals surface area contributed by atoms with Crippen LogP contribution in [0.3, 0.4) is 0 Å². The van der Waals surface area contributed by atoms with Crippen LogP contribution in [-0.4, -0.2) is 5.16 Å². The number of aryl methyl sites for hydroxylation is 1. The quantitative estimate of drug-likeness (QED) is 0.635. The highest BCUT2D eigenvalue weighted by Gasteiger charge is 2.17. The van der Waals surface area contributed by atoms with Crippen LogP contribution in [0.5, 0.6) is 0 Å². The van der Waals surface area contributed by atoms with E-state index in [0.29, 0.717) is 0 Å². The smallest absolute Gasteiger partial charge is 0.0209 e. The van der Waals surface area contributed by atoms with E-state index in [9.17, 15) is 0 Å². The maximum atomic E-state index is 2.91. The van der Waals surface area contributed by atoms with Gasteiger partial charge in [0.2, 0.25) is 0 Å². The third-order valence-corrected chi connectivity index (χ3v) is 4.00. The molecule has 2 rings (SSSR count). The van der Waals surface area contributed by atoms with Crippen molar-refractivity contribution in [2.75, 3.05) is 0 Å². The first-order chi connectivity index (χ1) is 7.99. The monoisotopic (exact) mass is 242 g/mol. The van der Waals surface area contributed by atoms with Gasteiger partial charge in [-0.15, -0.1) is 9.24 Å². The Kier molecular flexibility index (Phi) is 3.35. The maximum absolute atomic E-state index is 2.91. The van der Waals surface area contributed by atoms with Crippen molar-refractivity contribution in [1.82, 2.24) is 0 Å².